The van der Waals surface area contributed by atoms with Crippen molar-refractivity contribution in [1.29, 1.82) is 0 Å². The maximum Gasteiger partial charge on any atom is 0.257 e. The van der Waals surface area contributed by atoms with E-state index < -0.39 is 0 Å². The Hall–Kier alpha value is -2.20. The summed E-state index contributed by atoms with van der Waals surface area (Å²) in [5, 5.41) is 0.706. The number of hydrogen-bond donors (Lipinski definition) is 0. The summed E-state index contributed by atoms with van der Waals surface area (Å²) in [7, 11) is 4.88. The molecule has 0 aliphatic heterocycles. The van der Waals surface area contributed by atoms with E-state index in [4.69, 9.17) is 21.1 Å². The van der Waals surface area contributed by atoms with Crippen LogP contribution in [-0.2, 0) is 6.42 Å². The van der Waals surface area contributed by atoms with Gasteiger partial charge in [-0.3, -0.25) is 4.79 Å². The Morgan fingerprint density at radius 2 is 1.79 bits per heavy atom. The Balaban J connectivity index is 2.18. The molecule has 0 spiro atoms. The van der Waals surface area contributed by atoms with Gasteiger partial charge in [-0.15, -0.1) is 0 Å². The molecule has 0 heterocycles. The van der Waals surface area contributed by atoms with E-state index in [2.05, 4.69) is 0 Å². The van der Waals surface area contributed by atoms with Crippen molar-refractivity contribution >= 4 is 17.5 Å². The molecule has 0 bridgehead atoms. The molecule has 1 atom stereocenters. The van der Waals surface area contributed by atoms with Gasteiger partial charge in [0, 0.05) is 18.1 Å². The molecule has 2 aromatic carbocycles. The van der Waals surface area contributed by atoms with E-state index in [1.165, 1.54) is 7.11 Å². The monoisotopic (exact) mass is 347 g/mol. The zero-order valence-electron chi connectivity index (χ0n) is 14.4. The lowest BCUT2D eigenvalue weighted by molar-refractivity contribution is 0.0739. The van der Waals surface area contributed by atoms with Gasteiger partial charge in [0.15, 0.2) is 11.5 Å². The smallest absolute Gasteiger partial charge is 0.257 e. The third-order valence-corrected chi connectivity index (χ3v) is 4.31. The highest BCUT2D eigenvalue weighted by Gasteiger charge is 2.23. The number of benzene rings is 2. The van der Waals surface area contributed by atoms with Crippen LogP contribution >= 0.6 is 11.6 Å². The molecule has 4 nitrogen and oxygen atoms in total. The number of carbonyl (C=O) groups is 1. The molecule has 2 aromatic rings. The third kappa shape index (κ3) is 4.01. The second-order valence-corrected chi connectivity index (χ2v) is 6.07. The standard InChI is InChI=1S/C19H22ClNO3/c1-13(12-14-8-10-15(20)11-9-14)21(2)19(22)16-6-5-7-17(23-3)18(16)24-4/h5-11,13H,12H2,1-4H3. The van der Waals surface area contributed by atoms with Crippen LogP contribution in [0.15, 0.2) is 42.5 Å². The molecule has 0 aliphatic carbocycles. The molecular weight excluding hydrogens is 326 g/mol. The molecule has 0 radical (unpaired) electrons. The molecule has 1 amide bonds. The number of nitrogens with zero attached hydrogens (tertiary/aromatic N) is 1. The van der Waals surface area contributed by atoms with Crippen LogP contribution < -0.4 is 9.47 Å². The van der Waals surface area contributed by atoms with Crippen LogP contribution in [0.3, 0.4) is 0 Å². The lowest BCUT2D eigenvalue weighted by Crippen LogP contribution is -2.36. The second-order valence-electron chi connectivity index (χ2n) is 5.64. The summed E-state index contributed by atoms with van der Waals surface area (Å²) in [5.41, 5.74) is 1.62. The van der Waals surface area contributed by atoms with Crippen LogP contribution in [0.4, 0.5) is 0 Å². The van der Waals surface area contributed by atoms with Crippen LogP contribution in [0.25, 0.3) is 0 Å². The average Bonchev–Trinajstić information content (AvgIpc) is 2.61. The Bertz CT molecular complexity index is 700. The molecule has 0 N–H and O–H groups in total. The zero-order valence-corrected chi connectivity index (χ0v) is 15.1. The largest absolute Gasteiger partial charge is 0.493 e. The van der Waals surface area contributed by atoms with E-state index in [0.29, 0.717) is 22.1 Å². The highest BCUT2D eigenvalue weighted by atomic mass is 35.5. The fourth-order valence-electron chi connectivity index (χ4n) is 2.54. The van der Waals surface area contributed by atoms with Crippen molar-refractivity contribution in [3.63, 3.8) is 0 Å². The maximum atomic E-state index is 12.8. The van der Waals surface area contributed by atoms with Gasteiger partial charge in [-0.2, -0.15) is 0 Å². The second kappa shape index (κ2) is 8.06. The minimum atomic E-state index is -0.104. The number of ether oxygens (including phenoxy) is 2. The summed E-state index contributed by atoms with van der Waals surface area (Å²) in [4.78, 5) is 14.6. The normalized spacial score (nSPS) is 11.7. The van der Waals surface area contributed by atoms with Crippen molar-refractivity contribution in [3.05, 3.63) is 58.6 Å². The van der Waals surface area contributed by atoms with Crippen LogP contribution in [-0.4, -0.2) is 38.1 Å². The van der Waals surface area contributed by atoms with E-state index in [0.717, 1.165) is 12.0 Å². The Labute approximate surface area is 147 Å². The van der Waals surface area contributed by atoms with Crippen LogP contribution in [0.1, 0.15) is 22.8 Å². The van der Waals surface area contributed by atoms with Gasteiger partial charge < -0.3 is 14.4 Å². The number of para-hydroxylation sites is 1. The maximum absolute atomic E-state index is 12.8. The van der Waals surface area contributed by atoms with Gasteiger partial charge in [-0.25, -0.2) is 0 Å². The molecule has 0 saturated carbocycles. The Kier molecular flexibility index (Phi) is 6.10. The van der Waals surface area contributed by atoms with Gasteiger partial charge in [0.25, 0.3) is 5.91 Å². The third-order valence-electron chi connectivity index (χ3n) is 4.06. The minimum absolute atomic E-state index is 0.0228. The lowest BCUT2D eigenvalue weighted by Gasteiger charge is -2.26. The molecule has 0 fully saturated rings. The first-order valence-electron chi connectivity index (χ1n) is 7.70. The first kappa shape index (κ1) is 18.1. The molecule has 5 heteroatoms. The molecule has 24 heavy (non-hydrogen) atoms. The van der Waals surface area contributed by atoms with Crippen LogP contribution in [0.5, 0.6) is 11.5 Å². The van der Waals surface area contributed by atoms with Crippen molar-refractivity contribution in [3.8, 4) is 11.5 Å². The highest BCUT2D eigenvalue weighted by Crippen LogP contribution is 2.31. The van der Waals surface area contributed by atoms with Gasteiger partial charge in [0.05, 0.1) is 19.8 Å². The van der Waals surface area contributed by atoms with Crippen LogP contribution in [0, 0.1) is 0 Å². The molecular formula is C19H22ClNO3. The van der Waals surface area contributed by atoms with E-state index >= 15 is 0 Å². The lowest BCUT2D eigenvalue weighted by atomic mass is 10.0. The van der Waals surface area contributed by atoms with Gasteiger partial charge in [0.2, 0.25) is 0 Å². The number of rotatable bonds is 6. The average molecular weight is 348 g/mol. The van der Waals surface area contributed by atoms with Gasteiger partial charge >= 0.3 is 0 Å². The van der Waals surface area contributed by atoms with Gasteiger partial charge in [-0.05, 0) is 43.2 Å². The predicted octanol–water partition coefficient (Wildman–Crippen LogP) is 4.06. The summed E-state index contributed by atoms with van der Waals surface area (Å²) < 4.78 is 10.6. The number of amides is 1. The topological polar surface area (TPSA) is 38.8 Å². The number of halogens is 1. The van der Waals surface area contributed by atoms with Gasteiger partial charge in [0.1, 0.15) is 0 Å². The Morgan fingerprint density at radius 3 is 2.38 bits per heavy atom. The molecule has 2 rings (SSSR count). The van der Waals surface area contributed by atoms with Crippen molar-refractivity contribution in [2.24, 2.45) is 0 Å². The molecule has 128 valence electrons. The highest BCUT2D eigenvalue weighted by molar-refractivity contribution is 6.30. The van der Waals surface area contributed by atoms with E-state index in [1.54, 1.807) is 37.3 Å². The molecule has 0 saturated heterocycles. The first-order chi connectivity index (χ1) is 11.5. The van der Waals surface area contributed by atoms with Crippen molar-refractivity contribution in [2.45, 2.75) is 19.4 Å². The summed E-state index contributed by atoms with van der Waals surface area (Å²) in [6.45, 7) is 2.01. The predicted molar refractivity (Wildman–Crippen MR) is 96.3 cm³/mol. The van der Waals surface area contributed by atoms with Crippen molar-refractivity contribution < 1.29 is 14.3 Å². The van der Waals surface area contributed by atoms with Gasteiger partial charge in [-0.1, -0.05) is 29.8 Å². The zero-order chi connectivity index (χ0) is 17.7. The van der Waals surface area contributed by atoms with Crippen molar-refractivity contribution in [1.82, 2.24) is 4.90 Å². The minimum Gasteiger partial charge on any atom is -0.493 e. The number of carbonyl (C=O) groups excluding carboxylic acids is 1. The fraction of sp³-hybridized carbons (Fsp3) is 0.316. The van der Waals surface area contributed by atoms with E-state index in [1.807, 2.05) is 31.2 Å². The SMILES string of the molecule is COc1cccc(C(=O)N(C)C(C)Cc2ccc(Cl)cc2)c1OC. The van der Waals surface area contributed by atoms with Crippen molar-refractivity contribution in [2.75, 3.05) is 21.3 Å². The Morgan fingerprint density at radius 1 is 1.12 bits per heavy atom. The molecule has 0 aromatic heterocycles. The van der Waals surface area contributed by atoms with E-state index in [-0.39, 0.29) is 11.9 Å². The summed E-state index contributed by atoms with van der Waals surface area (Å²) in [6.07, 6.45) is 0.742. The summed E-state index contributed by atoms with van der Waals surface area (Å²) >= 11 is 5.91. The van der Waals surface area contributed by atoms with Crippen LogP contribution in [0.2, 0.25) is 5.02 Å². The van der Waals surface area contributed by atoms with E-state index in [9.17, 15) is 4.79 Å². The fourth-order valence-corrected chi connectivity index (χ4v) is 2.67. The number of likely N-dealkylation sites (N-methyl/N-ethyl adjacent to an activating group) is 1. The summed E-state index contributed by atoms with van der Waals surface area (Å²) in [6, 6.07) is 13.0. The molecule has 1 unspecified atom stereocenters. The number of hydrogen-bond acceptors (Lipinski definition) is 3. The number of methoxy groups -OCH3 is 2. The first-order valence-corrected chi connectivity index (χ1v) is 8.08. The summed E-state index contributed by atoms with van der Waals surface area (Å²) in [5.74, 6) is 0.893. The molecule has 0 aliphatic rings. The quantitative estimate of drug-likeness (QED) is 0.791.